The van der Waals surface area contributed by atoms with E-state index in [1.165, 1.54) is 10.7 Å². The molecule has 0 aliphatic carbocycles. The van der Waals surface area contributed by atoms with Gasteiger partial charge in [0.1, 0.15) is 0 Å². The molecule has 1 heterocycles. The Kier molecular flexibility index (Phi) is 1.63. The highest BCUT2D eigenvalue weighted by molar-refractivity contribution is 7.79. The lowest BCUT2D eigenvalue weighted by atomic mass is 10.7. The van der Waals surface area contributed by atoms with Crippen LogP contribution in [0.5, 0.6) is 0 Å². The van der Waals surface area contributed by atoms with Gasteiger partial charge >= 0.3 is 0 Å². The van der Waals surface area contributed by atoms with E-state index in [0.717, 1.165) is 0 Å². The lowest BCUT2D eigenvalue weighted by Crippen LogP contribution is -1.92. The first-order valence-electron chi connectivity index (χ1n) is 2.30. The van der Waals surface area contributed by atoms with Crippen LogP contribution in [-0.2, 0) is 18.1 Å². The first-order chi connectivity index (χ1) is 4.20. The van der Waals surface area contributed by atoms with Crippen LogP contribution in [0.3, 0.4) is 0 Å². The Labute approximate surface area is 54.8 Å². The van der Waals surface area contributed by atoms with Crippen molar-refractivity contribution in [2.75, 3.05) is 0 Å². The Morgan fingerprint density at radius 3 is 2.78 bits per heavy atom. The third-order valence-corrected chi connectivity index (χ3v) is 1.44. The molecule has 1 aromatic heterocycles. The summed E-state index contributed by atoms with van der Waals surface area (Å²) in [4.78, 5) is 0. The molecule has 0 aromatic carbocycles. The van der Waals surface area contributed by atoms with Crippen LogP contribution in [0, 0.1) is 0 Å². The molecule has 0 amide bonds. The van der Waals surface area contributed by atoms with Crippen LogP contribution in [0.4, 0.5) is 0 Å². The molecular formula is C4H6N2O2S. The smallest absolute Gasteiger partial charge is 0.207 e. The third kappa shape index (κ3) is 1.36. The highest BCUT2D eigenvalue weighted by Gasteiger charge is 2.00. The van der Waals surface area contributed by atoms with Crippen LogP contribution >= 0.6 is 0 Å². The molecule has 1 atom stereocenters. The van der Waals surface area contributed by atoms with Crippen LogP contribution in [0.2, 0.25) is 0 Å². The van der Waals surface area contributed by atoms with E-state index in [4.69, 9.17) is 4.55 Å². The summed E-state index contributed by atoms with van der Waals surface area (Å²) >= 11 is -1.94. The molecule has 1 rings (SSSR count). The number of aromatic nitrogens is 2. The zero-order chi connectivity index (χ0) is 6.85. The van der Waals surface area contributed by atoms with Crippen molar-refractivity contribution in [1.82, 2.24) is 9.78 Å². The lowest BCUT2D eigenvalue weighted by molar-refractivity contribution is 0.557. The molecule has 4 nitrogen and oxygen atoms in total. The minimum atomic E-state index is -1.94. The van der Waals surface area contributed by atoms with E-state index in [9.17, 15) is 4.21 Å². The highest BCUT2D eigenvalue weighted by atomic mass is 32.2. The van der Waals surface area contributed by atoms with Crippen molar-refractivity contribution < 1.29 is 8.76 Å². The van der Waals surface area contributed by atoms with Gasteiger partial charge in [-0.05, 0) is 6.07 Å². The quantitative estimate of drug-likeness (QED) is 0.567. The zero-order valence-corrected chi connectivity index (χ0v) is 5.63. The molecule has 1 N–H and O–H groups in total. The highest BCUT2D eigenvalue weighted by Crippen LogP contribution is 1.96. The van der Waals surface area contributed by atoms with E-state index in [-0.39, 0.29) is 5.03 Å². The van der Waals surface area contributed by atoms with Crippen molar-refractivity contribution in [3.8, 4) is 0 Å². The second kappa shape index (κ2) is 2.28. The lowest BCUT2D eigenvalue weighted by Gasteiger charge is -1.83. The van der Waals surface area contributed by atoms with Gasteiger partial charge in [0.25, 0.3) is 0 Å². The van der Waals surface area contributed by atoms with Crippen molar-refractivity contribution in [3.05, 3.63) is 12.3 Å². The SMILES string of the molecule is Cn1ccc(S(=O)O)n1. The predicted molar refractivity (Wildman–Crippen MR) is 32.2 cm³/mol. The van der Waals surface area contributed by atoms with Gasteiger partial charge in [0.05, 0.1) is 0 Å². The number of hydrogen-bond donors (Lipinski definition) is 1. The van der Waals surface area contributed by atoms with Gasteiger partial charge in [-0.1, -0.05) is 0 Å². The molecule has 0 aliphatic rings. The minimum Gasteiger partial charge on any atom is -0.301 e. The topological polar surface area (TPSA) is 55.1 Å². The van der Waals surface area contributed by atoms with Gasteiger partial charge in [-0.15, -0.1) is 0 Å². The monoisotopic (exact) mass is 146 g/mol. The van der Waals surface area contributed by atoms with Crippen molar-refractivity contribution in [1.29, 1.82) is 0 Å². The van der Waals surface area contributed by atoms with Crippen LogP contribution in [0.15, 0.2) is 17.3 Å². The molecule has 5 heteroatoms. The fourth-order valence-corrected chi connectivity index (χ4v) is 0.863. The molecule has 0 aliphatic heterocycles. The van der Waals surface area contributed by atoms with Crippen LogP contribution in [0.1, 0.15) is 0 Å². The average molecular weight is 146 g/mol. The molecule has 0 saturated carbocycles. The Morgan fingerprint density at radius 1 is 1.89 bits per heavy atom. The molecule has 0 spiro atoms. The first-order valence-corrected chi connectivity index (χ1v) is 3.41. The van der Waals surface area contributed by atoms with Crippen molar-refractivity contribution in [2.24, 2.45) is 7.05 Å². The summed E-state index contributed by atoms with van der Waals surface area (Å²) in [6, 6.07) is 1.50. The normalized spacial score (nSPS) is 13.6. The summed E-state index contributed by atoms with van der Waals surface area (Å²) in [5, 5.41) is 3.87. The summed E-state index contributed by atoms with van der Waals surface area (Å²) in [5.74, 6) is 0. The van der Waals surface area contributed by atoms with Crippen molar-refractivity contribution >= 4 is 11.1 Å². The van der Waals surface area contributed by atoms with E-state index in [0.29, 0.717) is 0 Å². The van der Waals surface area contributed by atoms with Gasteiger partial charge < -0.3 is 4.55 Å². The Hall–Kier alpha value is -0.680. The minimum absolute atomic E-state index is 0.192. The van der Waals surface area contributed by atoms with E-state index >= 15 is 0 Å². The fraction of sp³-hybridized carbons (Fsp3) is 0.250. The third-order valence-electron chi connectivity index (χ3n) is 0.868. The molecule has 50 valence electrons. The number of nitrogens with zero attached hydrogens (tertiary/aromatic N) is 2. The maximum absolute atomic E-state index is 10.2. The summed E-state index contributed by atoms with van der Waals surface area (Å²) in [7, 11) is 1.69. The van der Waals surface area contributed by atoms with Crippen molar-refractivity contribution in [2.45, 2.75) is 5.03 Å². The van der Waals surface area contributed by atoms with Gasteiger partial charge in [-0.25, -0.2) is 4.21 Å². The molecular weight excluding hydrogens is 140 g/mol. The maximum Gasteiger partial charge on any atom is 0.207 e. The summed E-state index contributed by atoms with van der Waals surface area (Å²) in [6.45, 7) is 0. The average Bonchev–Trinajstić information content (AvgIpc) is 2.14. The molecule has 1 aromatic rings. The van der Waals surface area contributed by atoms with Crippen LogP contribution < -0.4 is 0 Å². The van der Waals surface area contributed by atoms with Crippen molar-refractivity contribution in [3.63, 3.8) is 0 Å². The van der Waals surface area contributed by atoms with E-state index in [1.807, 2.05) is 0 Å². The second-order valence-corrected chi connectivity index (χ2v) is 2.49. The van der Waals surface area contributed by atoms with Gasteiger partial charge in [0.15, 0.2) is 5.03 Å². The van der Waals surface area contributed by atoms with Gasteiger partial charge in [-0.2, -0.15) is 5.10 Å². The molecule has 0 saturated heterocycles. The maximum atomic E-state index is 10.2. The first kappa shape index (κ1) is 6.44. The largest absolute Gasteiger partial charge is 0.301 e. The standard InChI is InChI=1S/C4H6N2O2S/c1-6-3-2-4(5-6)9(7)8/h2-3H,1H3,(H,7,8). The fourth-order valence-electron chi connectivity index (χ4n) is 0.487. The predicted octanol–water partition coefficient (Wildman–Crippen LogP) is 0.000700. The van der Waals surface area contributed by atoms with Gasteiger partial charge in [0.2, 0.25) is 11.1 Å². The van der Waals surface area contributed by atoms with Gasteiger partial charge in [0, 0.05) is 13.2 Å². The number of aryl methyl sites for hydroxylation is 1. The summed E-state index contributed by atoms with van der Waals surface area (Å²) < 4.78 is 20.2. The molecule has 0 bridgehead atoms. The van der Waals surface area contributed by atoms with E-state index in [2.05, 4.69) is 5.10 Å². The second-order valence-electron chi connectivity index (χ2n) is 1.58. The summed E-state index contributed by atoms with van der Waals surface area (Å²) in [5.41, 5.74) is 0. The van der Waals surface area contributed by atoms with E-state index in [1.54, 1.807) is 13.2 Å². The van der Waals surface area contributed by atoms with Crippen LogP contribution in [-0.4, -0.2) is 18.5 Å². The van der Waals surface area contributed by atoms with E-state index < -0.39 is 11.1 Å². The number of rotatable bonds is 1. The van der Waals surface area contributed by atoms with Gasteiger partial charge in [-0.3, -0.25) is 4.68 Å². The number of hydrogen-bond acceptors (Lipinski definition) is 2. The Balaban J connectivity index is 2.98. The molecule has 0 fully saturated rings. The molecule has 9 heavy (non-hydrogen) atoms. The van der Waals surface area contributed by atoms with Crippen LogP contribution in [0.25, 0.3) is 0 Å². The molecule has 1 unspecified atom stereocenters. The molecule has 0 radical (unpaired) electrons. The zero-order valence-electron chi connectivity index (χ0n) is 4.81. The Morgan fingerprint density at radius 2 is 2.56 bits per heavy atom. The summed E-state index contributed by atoms with van der Waals surface area (Å²) in [6.07, 6.45) is 1.61. The Bertz CT molecular complexity index is 232.